The van der Waals surface area contributed by atoms with Crippen LogP contribution in [0, 0.1) is 0 Å². The lowest BCUT2D eigenvalue weighted by atomic mass is 10.1. The van der Waals surface area contributed by atoms with Gasteiger partial charge in [-0.3, -0.25) is 4.79 Å². The number of carbonyl (C=O) groups is 1. The highest BCUT2D eigenvalue weighted by molar-refractivity contribution is 7.91. The van der Waals surface area contributed by atoms with E-state index in [1.54, 1.807) is 41.3 Å². The van der Waals surface area contributed by atoms with E-state index >= 15 is 0 Å². The van der Waals surface area contributed by atoms with E-state index < -0.39 is 9.84 Å². The second-order valence-electron chi connectivity index (χ2n) is 5.77. The molecular weight excluding hydrogens is 330 g/mol. The number of amides is 1. The van der Waals surface area contributed by atoms with Gasteiger partial charge in [0.1, 0.15) is 11.5 Å². The summed E-state index contributed by atoms with van der Waals surface area (Å²) >= 11 is 0. The van der Waals surface area contributed by atoms with Crippen molar-refractivity contribution >= 4 is 15.7 Å². The number of rotatable bonds is 5. The van der Waals surface area contributed by atoms with Crippen LogP contribution in [-0.4, -0.2) is 43.9 Å². The van der Waals surface area contributed by atoms with Gasteiger partial charge in [0.2, 0.25) is 0 Å². The van der Waals surface area contributed by atoms with Crippen LogP contribution in [0.5, 0.6) is 5.75 Å². The topological polar surface area (TPSA) is 76.8 Å². The first-order chi connectivity index (χ1) is 11.5. The Morgan fingerprint density at radius 2 is 2.08 bits per heavy atom. The fourth-order valence-corrected chi connectivity index (χ4v) is 4.67. The van der Waals surface area contributed by atoms with Crippen LogP contribution in [0.4, 0.5) is 0 Å². The predicted molar refractivity (Wildman–Crippen MR) is 88.6 cm³/mol. The van der Waals surface area contributed by atoms with Crippen LogP contribution in [0.2, 0.25) is 0 Å². The lowest BCUT2D eigenvalue weighted by Crippen LogP contribution is -2.40. The van der Waals surface area contributed by atoms with E-state index in [2.05, 4.69) is 0 Å². The molecular formula is C17H19NO5S. The van der Waals surface area contributed by atoms with E-state index in [9.17, 15) is 13.2 Å². The molecule has 0 N–H and O–H groups in total. The van der Waals surface area contributed by atoms with Crippen molar-refractivity contribution in [3.05, 3.63) is 54.0 Å². The van der Waals surface area contributed by atoms with Crippen molar-refractivity contribution in [2.24, 2.45) is 0 Å². The lowest BCUT2D eigenvalue weighted by Gasteiger charge is -2.28. The highest BCUT2D eigenvalue weighted by atomic mass is 32.2. The van der Waals surface area contributed by atoms with Gasteiger partial charge in [0, 0.05) is 6.04 Å². The molecule has 1 fully saturated rings. The van der Waals surface area contributed by atoms with Gasteiger partial charge in [0.15, 0.2) is 9.84 Å². The molecule has 1 aromatic heterocycles. The van der Waals surface area contributed by atoms with Crippen molar-refractivity contribution in [2.45, 2.75) is 19.0 Å². The number of benzene rings is 1. The molecule has 2 aromatic rings. The molecule has 1 aromatic carbocycles. The van der Waals surface area contributed by atoms with Gasteiger partial charge in [-0.2, -0.15) is 0 Å². The zero-order valence-electron chi connectivity index (χ0n) is 13.3. The summed E-state index contributed by atoms with van der Waals surface area (Å²) in [5, 5.41) is 0. The van der Waals surface area contributed by atoms with Crippen LogP contribution in [0.15, 0.2) is 47.1 Å². The van der Waals surface area contributed by atoms with Crippen molar-refractivity contribution in [2.75, 3.05) is 18.6 Å². The molecule has 7 heteroatoms. The highest BCUT2D eigenvalue weighted by Crippen LogP contribution is 2.26. The molecule has 0 spiro atoms. The van der Waals surface area contributed by atoms with E-state index in [-0.39, 0.29) is 30.0 Å². The smallest absolute Gasteiger partial charge is 0.258 e. The minimum Gasteiger partial charge on any atom is -0.496 e. The molecule has 6 nitrogen and oxygen atoms in total. The number of para-hydroxylation sites is 1. The van der Waals surface area contributed by atoms with Crippen LogP contribution in [0.3, 0.4) is 0 Å². The molecule has 1 saturated heterocycles. The Morgan fingerprint density at radius 1 is 1.29 bits per heavy atom. The Balaban J connectivity index is 1.93. The molecule has 0 unspecified atom stereocenters. The molecule has 1 amide bonds. The molecule has 0 aliphatic carbocycles. The van der Waals surface area contributed by atoms with Gasteiger partial charge >= 0.3 is 0 Å². The molecule has 2 heterocycles. The maximum Gasteiger partial charge on any atom is 0.258 e. The Labute approximate surface area is 140 Å². The first kappa shape index (κ1) is 16.6. The Morgan fingerprint density at radius 3 is 2.71 bits per heavy atom. The van der Waals surface area contributed by atoms with Crippen molar-refractivity contribution in [1.29, 1.82) is 0 Å². The molecule has 0 saturated carbocycles. The zero-order chi connectivity index (χ0) is 17.2. The van der Waals surface area contributed by atoms with Crippen LogP contribution in [-0.2, 0) is 16.4 Å². The van der Waals surface area contributed by atoms with Crippen LogP contribution >= 0.6 is 0 Å². The number of sulfone groups is 1. The molecule has 1 atom stereocenters. The van der Waals surface area contributed by atoms with Crippen LogP contribution in [0.1, 0.15) is 22.5 Å². The fourth-order valence-electron chi connectivity index (χ4n) is 2.93. The quantitative estimate of drug-likeness (QED) is 0.826. The SMILES string of the molecule is COc1ccccc1C(=O)N(Cc1ccco1)[C@H]1CCS(=O)(=O)C1. The molecule has 3 rings (SSSR count). The van der Waals surface area contributed by atoms with Gasteiger partial charge in [0.25, 0.3) is 5.91 Å². The number of furan rings is 1. The van der Waals surface area contributed by atoms with E-state index in [0.29, 0.717) is 23.5 Å². The maximum absolute atomic E-state index is 13.1. The molecule has 0 radical (unpaired) electrons. The standard InChI is InChI=1S/C17H19NO5S/c1-22-16-7-3-2-6-15(16)17(19)18(11-14-5-4-9-23-14)13-8-10-24(20,21)12-13/h2-7,9,13H,8,10-12H2,1H3/t13-/m0/s1. The minimum absolute atomic E-state index is 0.0192. The number of ether oxygens (including phenoxy) is 1. The molecule has 1 aliphatic rings. The second-order valence-corrected chi connectivity index (χ2v) is 8.00. The number of hydrogen-bond acceptors (Lipinski definition) is 5. The summed E-state index contributed by atoms with van der Waals surface area (Å²) in [6.45, 7) is 0.226. The maximum atomic E-state index is 13.1. The summed E-state index contributed by atoms with van der Waals surface area (Å²) < 4.78 is 34.3. The molecule has 24 heavy (non-hydrogen) atoms. The third kappa shape index (κ3) is 3.46. The van der Waals surface area contributed by atoms with E-state index in [0.717, 1.165) is 0 Å². The monoisotopic (exact) mass is 349 g/mol. The molecule has 128 valence electrons. The number of carbonyl (C=O) groups excluding carboxylic acids is 1. The average molecular weight is 349 g/mol. The van der Waals surface area contributed by atoms with E-state index in [4.69, 9.17) is 9.15 Å². The van der Waals surface area contributed by atoms with Gasteiger partial charge in [-0.15, -0.1) is 0 Å². The van der Waals surface area contributed by atoms with Gasteiger partial charge in [-0.25, -0.2) is 8.42 Å². The summed E-state index contributed by atoms with van der Waals surface area (Å²) in [5.41, 5.74) is 0.413. The van der Waals surface area contributed by atoms with Crippen molar-refractivity contribution in [3.63, 3.8) is 0 Å². The largest absolute Gasteiger partial charge is 0.496 e. The zero-order valence-corrected chi connectivity index (χ0v) is 14.2. The summed E-state index contributed by atoms with van der Waals surface area (Å²) in [7, 11) is -1.60. The molecule has 1 aliphatic heterocycles. The van der Waals surface area contributed by atoms with Crippen molar-refractivity contribution in [1.82, 2.24) is 4.90 Å². The van der Waals surface area contributed by atoms with E-state index in [1.165, 1.54) is 13.4 Å². The van der Waals surface area contributed by atoms with Crippen LogP contribution in [0.25, 0.3) is 0 Å². The summed E-state index contributed by atoms with van der Waals surface area (Å²) in [6, 6.07) is 10.1. The number of hydrogen-bond donors (Lipinski definition) is 0. The lowest BCUT2D eigenvalue weighted by molar-refractivity contribution is 0.0662. The fraction of sp³-hybridized carbons (Fsp3) is 0.353. The Kier molecular flexibility index (Phi) is 4.62. The number of nitrogens with zero attached hydrogens (tertiary/aromatic N) is 1. The highest BCUT2D eigenvalue weighted by Gasteiger charge is 2.36. The summed E-state index contributed by atoms with van der Waals surface area (Å²) in [5.74, 6) is 0.904. The minimum atomic E-state index is -3.11. The third-order valence-corrected chi connectivity index (χ3v) is 5.90. The average Bonchev–Trinajstić information content (AvgIpc) is 3.21. The van der Waals surface area contributed by atoms with E-state index in [1.807, 2.05) is 0 Å². The molecule has 0 bridgehead atoms. The van der Waals surface area contributed by atoms with Crippen molar-refractivity contribution in [3.8, 4) is 5.75 Å². The summed E-state index contributed by atoms with van der Waals surface area (Å²) in [6.07, 6.45) is 1.97. The normalized spacial score (nSPS) is 19.1. The first-order valence-corrected chi connectivity index (χ1v) is 9.49. The summed E-state index contributed by atoms with van der Waals surface area (Å²) in [4.78, 5) is 14.6. The van der Waals surface area contributed by atoms with Gasteiger partial charge < -0.3 is 14.1 Å². The van der Waals surface area contributed by atoms with Crippen molar-refractivity contribution < 1.29 is 22.4 Å². The van der Waals surface area contributed by atoms with Crippen LogP contribution < -0.4 is 4.74 Å². The van der Waals surface area contributed by atoms with Gasteiger partial charge in [-0.05, 0) is 30.7 Å². The Bertz CT molecular complexity index is 813. The first-order valence-electron chi connectivity index (χ1n) is 7.67. The Hall–Kier alpha value is -2.28. The predicted octanol–water partition coefficient (Wildman–Crippen LogP) is 2.12. The van der Waals surface area contributed by atoms with Gasteiger partial charge in [0.05, 0.1) is 37.0 Å². The number of methoxy groups -OCH3 is 1. The van der Waals surface area contributed by atoms with Gasteiger partial charge in [-0.1, -0.05) is 12.1 Å². The third-order valence-electron chi connectivity index (χ3n) is 4.15. The second kappa shape index (κ2) is 6.68.